The first-order valence-corrected chi connectivity index (χ1v) is 3.21. The predicted octanol–water partition coefficient (Wildman–Crippen LogP) is -0.214. The van der Waals surface area contributed by atoms with Crippen LogP contribution in [-0.2, 0) is 4.74 Å². The van der Waals surface area contributed by atoms with Crippen LogP contribution >= 0.6 is 0 Å². The van der Waals surface area contributed by atoms with Crippen LogP contribution < -0.4 is 5.73 Å². The van der Waals surface area contributed by atoms with Crippen LogP contribution in [0.15, 0.2) is 0 Å². The van der Waals surface area contributed by atoms with Crippen molar-refractivity contribution >= 4 is 6.09 Å². The van der Waals surface area contributed by atoms with Gasteiger partial charge >= 0.3 is 6.09 Å². The van der Waals surface area contributed by atoms with Crippen molar-refractivity contribution in [3.63, 3.8) is 0 Å². The Morgan fingerprint density at radius 3 is 2.70 bits per heavy atom. The Kier molecular flexibility index (Phi) is 1.56. The highest BCUT2D eigenvalue weighted by atomic mass is 16.6. The number of ether oxygens (including phenoxy) is 1. The van der Waals surface area contributed by atoms with Crippen LogP contribution in [0.2, 0.25) is 0 Å². The summed E-state index contributed by atoms with van der Waals surface area (Å²) in [6.45, 7) is 2.74. The molecule has 4 nitrogen and oxygen atoms in total. The second-order valence-electron chi connectivity index (χ2n) is 2.81. The molecule has 1 rings (SSSR count). The number of nitrogens with zero attached hydrogens (tertiary/aromatic N) is 1. The second-order valence-corrected chi connectivity index (χ2v) is 2.81. The maximum atomic E-state index is 10.8. The van der Waals surface area contributed by atoms with Crippen molar-refractivity contribution in [2.75, 3.05) is 20.2 Å². The number of carbonyl (C=O) groups is 1. The molecule has 1 fully saturated rings. The summed E-state index contributed by atoms with van der Waals surface area (Å²) in [7, 11) is 1.70. The summed E-state index contributed by atoms with van der Waals surface area (Å²) in [4.78, 5) is 12.3. The number of cyclic esters (lactones) is 1. The molecule has 0 saturated carbocycles. The van der Waals surface area contributed by atoms with E-state index in [1.165, 1.54) is 4.90 Å². The van der Waals surface area contributed by atoms with Gasteiger partial charge in [-0.1, -0.05) is 0 Å². The van der Waals surface area contributed by atoms with Crippen LogP contribution in [0.1, 0.15) is 6.92 Å². The van der Waals surface area contributed by atoms with E-state index < -0.39 is 0 Å². The average molecular weight is 144 g/mol. The molecule has 1 aliphatic rings. The summed E-state index contributed by atoms with van der Waals surface area (Å²) < 4.78 is 4.78. The molecule has 0 spiro atoms. The lowest BCUT2D eigenvalue weighted by Gasteiger charge is -2.26. The van der Waals surface area contributed by atoms with E-state index in [0.717, 1.165) is 0 Å². The van der Waals surface area contributed by atoms with Crippen LogP contribution in [0.4, 0.5) is 4.79 Å². The van der Waals surface area contributed by atoms with Gasteiger partial charge < -0.3 is 15.4 Å². The molecule has 2 N–H and O–H groups in total. The number of rotatable bonds is 1. The Morgan fingerprint density at radius 1 is 1.90 bits per heavy atom. The fourth-order valence-electron chi connectivity index (χ4n) is 0.827. The fourth-order valence-corrected chi connectivity index (χ4v) is 0.827. The van der Waals surface area contributed by atoms with Gasteiger partial charge in [0.1, 0.15) is 6.61 Å². The molecule has 0 bridgehead atoms. The maximum Gasteiger partial charge on any atom is 0.410 e. The van der Waals surface area contributed by atoms with Gasteiger partial charge in [0.25, 0.3) is 0 Å². The molecule has 1 amide bonds. The van der Waals surface area contributed by atoms with Crippen molar-refractivity contribution in [1.29, 1.82) is 0 Å². The molecule has 0 aliphatic carbocycles. The molecule has 10 heavy (non-hydrogen) atoms. The van der Waals surface area contributed by atoms with Gasteiger partial charge in [-0.3, -0.25) is 0 Å². The van der Waals surface area contributed by atoms with E-state index in [9.17, 15) is 4.79 Å². The van der Waals surface area contributed by atoms with Crippen molar-refractivity contribution in [3.8, 4) is 0 Å². The third kappa shape index (κ3) is 0.844. The Morgan fingerprint density at radius 2 is 2.50 bits per heavy atom. The standard InChI is InChI=1S/C6H12N2O2/c1-6(3-7)4-10-5(9)8(6)2/h3-4,7H2,1-2H3. The second kappa shape index (κ2) is 2.12. The maximum absolute atomic E-state index is 10.8. The number of likely N-dealkylation sites (N-methyl/N-ethyl adjacent to an activating group) is 1. The van der Waals surface area contributed by atoms with Gasteiger partial charge in [0, 0.05) is 13.6 Å². The molecule has 0 aromatic heterocycles. The molecule has 0 radical (unpaired) electrons. The lowest BCUT2D eigenvalue weighted by Crippen LogP contribution is -2.47. The molecule has 0 aromatic rings. The molecular formula is C6H12N2O2. The Balaban J connectivity index is 2.73. The molecule has 1 saturated heterocycles. The molecule has 1 aliphatic heterocycles. The Bertz CT molecular complexity index is 160. The van der Waals surface area contributed by atoms with Gasteiger partial charge in [-0.15, -0.1) is 0 Å². The minimum absolute atomic E-state index is 0.284. The summed E-state index contributed by atoms with van der Waals surface area (Å²) >= 11 is 0. The number of amides is 1. The number of nitrogens with two attached hydrogens (primary N) is 1. The zero-order valence-electron chi connectivity index (χ0n) is 6.26. The Labute approximate surface area is 59.9 Å². The van der Waals surface area contributed by atoms with Crippen molar-refractivity contribution < 1.29 is 9.53 Å². The number of carbonyl (C=O) groups excluding carboxylic acids is 1. The smallest absolute Gasteiger partial charge is 0.410 e. The van der Waals surface area contributed by atoms with Gasteiger partial charge in [-0.25, -0.2) is 4.79 Å². The van der Waals surface area contributed by atoms with Crippen LogP contribution in [0, 0.1) is 0 Å². The quantitative estimate of drug-likeness (QED) is 0.553. The van der Waals surface area contributed by atoms with Crippen LogP contribution in [0.3, 0.4) is 0 Å². The van der Waals surface area contributed by atoms with E-state index in [1.807, 2.05) is 6.92 Å². The molecular weight excluding hydrogens is 132 g/mol. The minimum atomic E-state index is -0.295. The molecule has 1 unspecified atom stereocenters. The zero-order valence-corrected chi connectivity index (χ0v) is 6.26. The third-order valence-electron chi connectivity index (χ3n) is 2.03. The van der Waals surface area contributed by atoms with Crippen molar-refractivity contribution in [2.45, 2.75) is 12.5 Å². The van der Waals surface area contributed by atoms with Gasteiger partial charge in [0.05, 0.1) is 5.54 Å². The Hall–Kier alpha value is -0.770. The fraction of sp³-hybridized carbons (Fsp3) is 0.833. The topological polar surface area (TPSA) is 55.6 Å². The highest BCUT2D eigenvalue weighted by molar-refractivity contribution is 5.70. The first-order chi connectivity index (χ1) is 4.60. The summed E-state index contributed by atoms with van der Waals surface area (Å²) in [5.41, 5.74) is 5.15. The van der Waals surface area contributed by atoms with Crippen LogP contribution in [0.25, 0.3) is 0 Å². The van der Waals surface area contributed by atoms with Gasteiger partial charge in [-0.05, 0) is 6.92 Å². The summed E-state index contributed by atoms with van der Waals surface area (Å²) in [5, 5.41) is 0. The first-order valence-electron chi connectivity index (χ1n) is 3.21. The SMILES string of the molecule is CN1C(=O)OCC1(C)CN. The summed E-state index contributed by atoms with van der Waals surface area (Å²) in [5.74, 6) is 0. The van der Waals surface area contributed by atoms with Gasteiger partial charge in [0.15, 0.2) is 0 Å². The van der Waals surface area contributed by atoms with E-state index in [1.54, 1.807) is 7.05 Å². The highest BCUT2D eigenvalue weighted by Crippen LogP contribution is 2.19. The summed E-state index contributed by atoms with van der Waals surface area (Å²) in [6, 6.07) is 0. The van der Waals surface area contributed by atoms with Gasteiger partial charge in [0.2, 0.25) is 0 Å². The monoisotopic (exact) mass is 144 g/mol. The van der Waals surface area contributed by atoms with E-state index >= 15 is 0 Å². The molecule has 4 heteroatoms. The zero-order chi connectivity index (χ0) is 7.78. The van der Waals surface area contributed by atoms with E-state index in [-0.39, 0.29) is 11.6 Å². The van der Waals surface area contributed by atoms with Crippen molar-refractivity contribution in [3.05, 3.63) is 0 Å². The molecule has 58 valence electrons. The van der Waals surface area contributed by atoms with Crippen molar-refractivity contribution in [2.24, 2.45) is 5.73 Å². The largest absolute Gasteiger partial charge is 0.447 e. The lowest BCUT2D eigenvalue weighted by atomic mass is 10.0. The molecule has 0 aromatic carbocycles. The predicted molar refractivity (Wildman–Crippen MR) is 36.6 cm³/mol. The third-order valence-corrected chi connectivity index (χ3v) is 2.03. The highest BCUT2D eigenvalue weighted by Gasteiger charge is 2.39. The van der Waals surface area contributed by atoms with E-state index in [4.69, 9.17) is 10.5 Å². The summed E-state index contributed by atoms with van der Waals surface area (Å²) in [6.07, 6.45) is -0.284. The average Bonchev–Trinajstić information content (AvgIpc) is 2.19. The minimum Gasteiger partial charge on any atom is -0.447 e. The van der Waals surface area contributed by atoms with Crippen molar-refractivity contribution in [1.82, 2.24) is 4.90 Å². The number of hydrogen-bond acceptors (Lipinski definition) is 3. The first kappa shape index (κ1) is 7.34. The lowest BCUT2D eigenvalue weighted by molar-refractivity contribution is 0.162. The van der Waals surface area contributed by atoms with Crippen LogP contribution in [-0.4, -0.2) is 36.7 Å². The van der Waals surface area contributed by atoms with E-state index in [0.29, 0.717) is 13.2 Å². The molecule has 1 atom stereocenters. The number of hydrogen-bond donors (Lipinski definition) is 1. The van der Waals surface area contributed by atoms with Crippen LogP contribution in [0.5, 0.6) is 0 Å². The molecule has 1 heterocycles. The van der Waals surface area contributed by atoms with Gasteiger partial charge in [-0.2, -0.15) is 0 Å². The normalized spacial score (nSPS) is 32.7. The van der Waals surface area contributed by atoms with E-state index in [2.05, 4.69) is 0 Å².